The molecule has 144 valence electrons. The summed E-state index contributed by atoms with van der Waals surface area (Å²) in [7, 11) is 4.27. The number of benzene rings is 3. The fraction of sp³-hybridized carbons (Fsp3) is 0.240. The number of carbonyl (C=O) groups is 1. The van der Waals surface area contributed by atoms with Gasteiger partial charge < -0.3 is 14.0 Å². The fourth-order valence-electron chi connectivity index (χ4n) is 5.44. The Kier molecular flexibility index (Phi) is 3.24. The lowest BCUT2D eigenvalue weighted by Crippen LogP contribution is -2.24. The molecular formula is C25H23N3O. The number of fused-ring (bicyclic) bond motifs is 10. The first kappa shape index (κ1) is 16.7. The smallest absolute Gasteiger partial charge is 0.255 e. The molecule has 0 N–H and O–H groups in total. The first-order valence-electron chi connectivity index (χ1n) is 10.3. The van der Waals surface area contributed by atoms with E-state index >= 15 is 0 Å². The summed E-state index contributed by atoms with van der Waals surface area (Å²) in [5.74, 6) is 0.179. The molecule has 0 aliphatic carbocycles. The van der Waals surface area contributed by atoms with Gasteiger partial charge in [-0.1, -0.05) is 43.3 Å². The van der Waals surface area contributed by atoms with Crippen molar-refractivity contribution in [3.8, 4) is 0 Å². The molecule has 0 bridgehead atoms. The number of rotatable bonds is 2. The van der Waals surface area contributed by atoms with Crippen molar-refractivity contribution in [3.05, 3.63) is 59.7 Å². The highest BCUT2D eigenvalue weighted by Crippen LogP contribution is 2.45. The molecule has 0 saturated heterocycles. The summed E-state index contributed by atoms with van der Waals surface area (Å²) in [6, 6.07) is 17.0. The topological polar surface area (TPSA) is 30.2 Å². The Morgan fingerprint density at radius 3 is 2.00 bits per heavy atom. The normalized spacial score (nSPS) is 14.2. The maximum atomic E-state index is 13.6. The standard InChI is InChI=1S/C25H23N3O/c1-4-13-28-14-17-20-15-9-5-7-11-18(15)26(2)23(20)24-21(22(17)25(28)29)16-10-6-8-12-19(16)27(24)3/h5-12H,4,13-14H2,1-3H3. The van der Waals surface area contributed by atoms with Gasteiger partial charge in [-0.05, 0) is 24.1 Å². The lowest BCUT2D eigenvalue weighted by atomic mass is 9.97. The van der Waals surface area contributed by atoms with Crippen molar-refractivity contribution in [1.82, 2.24) is 14.0 Å². The van der Waals surface area contributed by atoms with Crippen LogP contribution in [0.15, 0.2) is 48.5 Å². The highest BCUT2D eigenvalue weighted by molar-refractivity contribution is 6.30. The monoisotopic (exact) mass is 381 g/mol. The van der Waals surface area contributed by atoms with Gasteiger partial charge in [-0.25, -0.2) is 0 Å². The van der Waals surface area contributed by atoms with E-state index in [1.54, 1.807) is 0 Å². The van der Waals surface area contributed by atoms with Crippen molar-refractivity contribution >= 4 is 49.5 Å². The first-order chi connectivity index (χ1) is 14.1. The second kappa shape index (κ2) is 5.63. The van der Waals surface area contributed by atoms with Gasteiger partial charge in [0.05, 0.1) is 16.6 Å². The van der Waals surface area contributed by atoms with Crippen molar-refractivity contribution in [3.63, 3.8) is 0 Å². The number of para-hydroxylation sites is 2. The highest BCUT2D eigenvalue weighted by atomic mass is 16.2. The lowest BCUT2D eigenvalue weighted by Gasteiger charge is -2.13. The van der Waals surface area contributed by atoms with Crippen LogP contribution in [0.2, 0.25) is 0 Å². The average molecular weight is 381 g/mol. The van der Waals surface area contributed by atoms with Crippen molar-refractivity contribution in [2.45, 2.75) is 19.9 Å². The molecule has 0 atom stereocenters. The summed E-state index contributed by atoms with van der Waals surface area (Å²) in [4.78, 5) is 15.6. The van der Waals surface area contributed by atoms with E-state index in [-0.39, 0.29) is 5.91 Å². The minimum absolute atomic E-state index is 0.179. The predicted octanol–water partition coefficient (Wildman–Crippen LogP) is 5.34. The van der Waals surface area contributed by atoms with Crippen LogP contribution in [-0.2, 0) is 20.6 Å². The summed E-state index contributed by atoms with van der Waals surface area (Å²) in [5.41, 5.74) is 6.87. The Labute approximate surface area is 168 Å². The molecule has 1 aliphatic heterocycles. The maximum Gasteiger partial charge on any atom is 0.255 e. The third-order valence-electron chi connectivity index (χ3n) is 6.64. The van der Waals surface area contributed by atoms with Gasteiger partial charge in [0.15, 0.2) is 0 Å². The largest absolute Gasteiger partial charge is 0.342 e. The maximum absolute atomic E-state index is 13.6. The second-order valence-electron chi connectivity index (χ2n) is 8.18. The predicted molar refractivity (Wildman–Crippen MR) is 119 cm³/mol. The molecule has 0 saturated carbocycles. The molecule has 3 aromatic carbocycles. The molecular weight excluding hydrogens is 358 g/mol. The Balaban J connectivity index is 1.95. The SMILES string of the molecule is CCCN1Cc2c(c3c4ccccc4n(C)c3c3c2c2ccccc2n3C)C1=O. The van der Waals surface area contributed by atoms with Crippen LogP contribution in [0.4, 0.5) is 0 Å². The van der Waals surface area contributed by atoms with Gasteiger partial charge in [-0.3, -0.25) is 4.79 Å². The summed E-state index contributed by atoms with van der Waals surface area (Å²) < 4.78 is 4.57. The van der Waals surface area contributed by atoms with E-state index in [9.17, 15) is 4.79 Å². The van der Waals surface area contributed by atoms with Crippen LogP contribution in [0, 0.1) is 0 Å². The molecule has 0 spiro atoms. The fourth-order valence-corrected chi connectivity index (χ4v) is 5.44. The van der Waals surface area contributed by atoms with Crippen LogP contribution in [0.3, 0.4) is 0 Å². The van der Waals surface area contributed by atoms with Crippen molar-refractivity contribution < 1.29 is 4.79 Å². The molecule has 6 rings (SSSR count). The number of carbonyl (C=O) groups excluding carboxylic acids is 1. The van der Waals surface area contributed by atoms with Gasteiger partial charge in [-0.2, -0.15) is 0 Å². The van der Waals surface area contributed by atoms with E-state index < -0.39 is 0 Å². The number of hydrogen-bond acceptors (Lipinski definition) is 1. The van der Waals surface area contributed by atoms with Crippen LogP contribution in [0.5, 0.6) is 0 Å². The minimum Gasteiger partial charge on any atom is -0.342 e. The van der Waals surface area contributed by atoms with E-state index in [1.165, 1.54) is 38.3 Å². The number of aromatic nitrogens is 2. The zero-order valence-corrected chi connectivity index (χ0v) is 17.0. The van der Waals surface area contributed by atoms with Crippen LogP contribution in [0.1, 0.15) is 29.3 Å². The van der Waals surface area contributed by atoms with Crippen LogP contribution >= 0.6 is 0 Å². The van der Waals surface area contributed by atoms with Crippen molar-refractivity contribution in [2.24, 2.45) is 14.1 Å². The molecule has 2 aromatic heterocycles. The van der Waals surface area contributed by atoms with E-state index in [0.29, 0.717) is 6.54 Å². The Morgan fingerprint density at radius 2 is 1.38 bits per heavy atom. The van der Waals surface area contributed by atoms with Gasteiger partial charge in [0.1, 0.15) is 0 Å². The van der Waals surface area contributed by atoms with Crippen LogP contribution < -0.4 is 0 Å². The van der Waals surface area contributed by atoms with Gasteiger partial charge in [0.2, 0.25) is 0 Å². The number of hydrogen-bond donors (Lipinski definition) is 0. The number of nitrogens with zero attached hydrogens (tertiary/aromatic N) is 3. The third-order valence-corrected chi connectivity index (χ3v) is 6.64. The van der Waals surface area contributed by atoms with E-state index in [1.807, 2.05) is 4.90 Å². The van der Waals surface area contributed by atoms with Gasteiger partial charge in [0, 0.05) is 59.8 Å². The number of amides is 1. The molecule has 0 radical (unpaired) electrons. The third kappa shape index (κ3) is 1.91. The minimum atomic E-state index is 0.179. The van der Waals surface area contributed by atoms with E-state index in [4.69, 9.17) is 0 Å². The van der Waals surface area contributed by atoms with Crippen LogP contribution in [0.25, 0.3) is 43.6 Å². The molecule has 4 heteroatoms. The average Bonchev–Trinajstić information content (AvgIpc) is 3.33. The highest BCUT2D eigenvalue weighted by Gasteiger charge is 2.34. The molecule has 3 heterocycles. The Hall–Kier alpha value is -3.27. The first-order valence-corrected chi connectivity index (χ1v) is 10.3. The lowest BCUT2D eigenvalue weighted by molar-refractivity contribution is 0.0780. The van der Waals surface area contributed by atoms with Crippen molar-refractivity contribution in [1.29, 1.82) is 0 Å². The van der Waals surface area contributed by atoms with E-state index in [2.05, 4.69) is 78.7 Å². The van der Waals surface area contributed by atoms with Gasteiger partial charge >= 0.3 is 0 Å². The van der Waals surface area contributed by atoms with Crippen LogP contribution in [-0.4, -0.2) is 26.5 Å². The molecule has 1 amide bonds. The molecule has 0 fully saturated rings. The number of aryl methyl sites for hydroxylation is 2. The quantitative estimate of drug-likeness (QED) is 0.406. The second-order valence-corrected chi connectivity index (χ2v) is 8.18. The van der Waals surface area contributed by atoms with Gasteiger partial charge in [0.25, 0.3) is 5.91 Å². The van der Waals surface area contributed by atoms with Crippen molar-refractivity contribution in [2.75, 3.05) is 6.54 Å². The molecule has 0 unspecified atom stereocenters. The molecule has 1 aliphatic rings. The summed E-state index contributed by atoms with van der Waals surface area (Å²) >= 11 is 0. The van der Waals surface area contributed by atoms with Gasteiger partial charge in [-0.15, -0.1) is 0 Å². The Bertz CT molecular complexity index is 1480. The van der Waals surface area contributed by atoms with E-state index in [0.717, 1.165) is 29.4 Å². The Morgan fingerprint density at radius 1 is 0.828 bits per heavy atom. The summed E-state index contributed by atoms with van der Waals surface area (Å²) in [6.07, 6.45) is 0.969. The summed E-state index contributed by atoms with van der Waals surface area (Å²) in [5, 5.41) is 4.75. The summed E-state index contributed by atoms with van der Waals surface area (Å²) in [6.45, 7) is 3.63. The zero-order chi connectivity index (χ0) is 19.9. The molecule has 5 aromatic rings. The molecule has 29 heavy (non-hydrogen) atoms. The zero-order valence-electron chi connectivity index (χ0n) is 17.0. The molecule has 4 nitrogen and oxygen atoms in total.